The van der Waals surface area contributed by atoms with Crippen LogP contribution in [-0.4, -0.2) is 0 Å². The second-order valence-corrected chi connectivity index (χ2v) is 19.8. The van der Waals surface area contributed by atoms with Gasteiger partial charge in [0.25, 0.3) is 0 Å². The van der Waals surface area contributed by atoms with E-state index in [4.69, 9.17) is 16.0 Å². The number of furan rings is 1. The molecule has 0 unspecified atom stereocenters. The van der Waals surface area contributed by atoms with Gasteiger partial charge in [0.1, 0.15) is 11.3 Å². The Hall–Kier alpha value is -6.03. The van der Waals surface area contributed by atoms with E-state index in [2.05, 4.69) is 225 Å². The lowest BCUT2D eigenvalue weighted by Gasteiger charge is -2.33. The fraction of sp³-hybridized carbons (Fsp3) is 0.228. The van der Waals surface area contributed by atoms with Crippen LogP contribution in [0.25, 0.3) is 33.4 Å². The van der Waals surface area contributed by atoms with Gasteiger partial charge in [-0.3, -0.25) is 0 Å². The normalized spacial score (nSPS) is 12.2. The predicted octanol–water partition coefficient (Wildman–Crippen LogP) is 17.6. The number of fused-ring (bicyclic) bond motifs is 1. The molecule has 0 aliphatic rings. The number of anilines is 6. The smallest absolute Gasteiger partial charge is 0.135 e. The SMILES string of the molecule is Cc1cc(N(c2ccc(C(C)(C)C)cc2)c2ccc(C(C)(C)C)cc2)c(Cl)c(N(c2ccc(-c3cc4ccccc4o3)cc2)c2ccc(C(C)(C)C)cc2-c2ccccc2)c1. The minimum absolute atomic E-state index is 0.0192. The third-order valence-electron chi connectivity index (χ3n) is 11.7. The van der Waals surface area contributed by atoms with Gasteiger partial charge in [-0.15, -0.1) is 0 Å². The molecule has 0 atom stereocenters. The second-order valence-electron chi connectivity index (χ2n) is 19.4. The molecule has 7 aromatic carbocycles. The van der Waals surface area contributed by atoms with Gasteiger partial charge in [-0.2, -0.15) is 0 Å². The van der Waals surface area contributed by atoms with Crippen LogP contribution in [0.2, 0.25) is 5.02 Å². The van der Waals surface area contributed by atoms with Crippen molar-refractivity contribution >= 4 is 56.7 Å². The van der Waals surface area contributed by atoms with Gasteiger partial charge in [0, 0.05) is 33.6 Å². The Morgan fingerprint density at radius 2 is 0.902 bits per heavy atom. The van der Waals surface area contributed by atoms with Gasteiger partial charge in [0.2, 0.25) is 0 Å². The maximum Gasteiger partial charge on any atom is 0.135 e. The summed E-state index contributed by atoms with van der Waals surface area (Å²) in [4.78, 5) is 4.64. The molecule has 0 aliphatic carbocycles. The van der Waals surface area contributed by atoms with Crippen molar-refractivity contribution in [2.75, 3.05) is 9.80 Å². The molecular weight excluding hydrogens is 764 g/mol. The first kappa shape index (κ1) is 41.7. The molecule has 0 spiro atoms. The van der Waals surface area contributed by atoms with E-state index in [0.29, 0.717) is 5.02 Å². The largest absolute Gasteiger partial charge is 0.456 e. The van der Waals surface area contributed by atoms with Gasteiger partial charge >= 0.3 is 0 Å². The summed E-state index contributed by atoms with van der Waals surface area (Å²) in [6, 6.07) is 58.8. The van der Waals surface area contributed by atoms with Crippen LogP contribution >= 0.6 is 11.6 Å². The third kappa shape index (κ3) is 8.63. The van der Waals surface area contributed by atoms with Crippen molar-refractivity contribution in [3.8, 4) is 22.5 Å². The fourth-order valence-corrected chi connectivity index (χ4v) is 8.34. The highest BCUT2D eigenvalue weighted by atomic mass is 35.5. The molecule has 0 radical (unpaired) electrons. The van der Waals surface area contributed by atoms with E-state index in [1.165, 1.54) is 16.7 Å². The molecule has 0 bridgehead atoms. The molecule has 3 nitrogen and oxygen atoms in total. The van der Waals surface area contributed by atoms with Crippen molar-refractivity contribution in [2.24, 2.45) is 0 Å². The Morgan fingerprint density at radius 3 is 1.44 bits per heavy atom. The van der Waals surface area contributed by atoms with E-state index in [1.807, 2.05) is 18.2 Å². The number of benzene rings is 7. The summed E-state index contributed by atoms with van der Waals surface area (Å²) >= 11 is 7.95. The first-order valence-corrected chi connectivity index (χ1v) is 21.7. The Morgan fingerprint density at radius 1 is 0.426 bits per heavy atom. The quantitative estimate of drug-likeness (QED) is 0.152. The maximum absolute atomic E-state index is 7.95. The Labute approximate surface area is 368 Å². The fourth-order valence-electron chi connectivity index (χ4n) is 8.06. The maximum atomic E-state index is 7.95. The van der Waals surface area contributed by atoms with E-state index < -0.39 is 0 Å². The number of aryl methyl sites for hydroxylation is 1. The summed E-state index contributed by atoms with van der Waals surface area (Å²) in [5, 5.41) is 1.73. The molecule has 1 aromatic heterocycles. The van der Waals surface area contributed by atoms with Crippen LogP contribution in [0, 0.1) is 6.92 Å². The summed E-state index contributed by atoms with van der Waals surface area (Å²) < 4.78 is 6.32. The van der Waals surface area contributed by atoms with Crippen LogP contribution in [0.15, 0.2) is 168 Å². The number of hydrogen-bond donors (Lipinski definition) is 0. The highest BCUT2D eigenvalue weighted by Crippen LogP contribution is 2.50. The molecule has 8 aromatic rings. The van der Waals surface area contributed by atoms with E-state index in [9.17, 15) is 0 Å². The van der Waals surface area contributed by atoms with Crippen LogP contribution in [0.4, 0.5) is 34.1 Å². The van der Waals surface area contributed by atoms with Crippen LogP contribution in [-0.2, 0) is 16.2 Å². The van der Waals surface area contributed by atoms with E-state index in [0.717, 1.165) is 73.1 Å². The molecule has 0 saturated carbocycles. The first-order chi connectivity index (χ1) is 29.0. The van der Waals surface area contributed by atoms with Crippen LogP contribution < -0.4 is 9.80 Å². The number of hydrogen-bond acceptors (Lipinski definition) is 3. The van der Waals surface area contributed by atoms with Gasteiger partial charge in [0.05, 0.1) is 22.1 Å². The van der Waals surface area contributed by atoms with E-state index >= 15 is 0 Å². The van der Waals surface area contributed by atoms with Crippen molar-refractivity contribution in [2.45, 2.75) is 85.5 Å². The molecule has 61 heavy (non-hydrogen) atoms. The highest BCUT2D eigenvalue weighted by Gasteiger charge is 2.27. The summed E-state index contributed by atoms with van der Waals surface area (Å²) in [6.07, 6.45) is 0. The summed E-state index contributed by atoms with van der Waals surface area (Å²) in [6.45, 7) is 22.5. The van der Waals surface area contributed by atoms with Crippen molar-refractivity contribution in [3.63, 3.8) is 0 Å². The molecular formula is C57H57ClN2O. The Kier molecular flexibility index (Phi) is 11.0. The molecule has 1 heterocycles. The molecule has 4 heteroatoms. The lowest BCUT2D eigenvalue weighted by molar-refractivity contribution is 0.590. The summed E-state index contributed by atoms with van der Waals surface area (Å²) in [5.41, 5.74) is 14.9. The number of rotatable bonds is 8. The highest BCUT2D eigenvalue weighted by molar-refractivity contribution is 6.37. The van der Waals surface area contributed by atoms with E-state index in [1.54, 1.807) is 0 Å². The van der Waals surface area contributed by atoms with Crippen molar-refractivity contribution in [1.82, 2.24) is 0 Å². The van der Waals surface area contributed by atoms with Crippen LogP contribution in [0.5, 0.6) is 0 Å². The summed E-state index contributed by atoms with van der Waals surface area (Å²) in [7, 11) is 0. The number of nitrogens with zero attached hydrogens (tertiary/aromatic N) is 2. The zero-order valence-corrected chi connectivity index (χ0v) is 38.0. The molecule has 0 fully saturated rings. The number of halogens is 1. The topological polar surface area (TPSA) is 19.6 Å². The average Bonchev–Trinajstić information content (AvgIpc) is 3.67. The van der Waals surface area contributed by atoms with Crippen LogP contribution in [0.1, 0.15) is 84.6 Å². The van der Waals surface area contributed by atoms with Crippen molar-refractivity contribution < 1.29 is 4.42 Å². The van der Waals surface area contributed by atoms with Gasteiger partial charge in [-0.05, 0) is 136 Å². The lowest BCUT2D eigenvalue weighted by atomic mass is 9.84. The molecule has 8 rings (SSSR count). The minimum atomic E-state index is -0.0547. The van der Waals surface area contributed by atoms with Gasteiger partial charge in [-0.1, -0.05) is 153 Å². The van der Waals surface area contributed by atoms with Crippen molar-refractivity contribution in [3.05, 3.63) is 191 Å². The number of para-hydroxylation sites is 1. The standard InChI is InChI=1S/C57H57ClN2O/c1-38-34-50(59(45-29-22-42(23-30-45)55(2,3)4)46-31-24-43(25-32-46)56(5,6)7)54(58)51(35-38)60(47-27-20-40(21-28-47)53-36-41-18-14-15-19-52(41)61-53)49-33-26-44(57(8,9)10)37-48(49)39-16-12-11-13-17-39/h11-37H,1-10H3. The monoisotopic (exact) mass is 820 g/mol. The van der Waals surface area contributed by atoms with Gasteiger partial charge in [-0.25, -0.2) is 0 Å². The molecule has 0 N–H and O–H groups in total. The molecule has 0 amide bonds. The van der Waals surface area contributed by atoms with Gasteiger partial charge in [0.15, 0.2) is 0 Å². The van der Waals surface area contributed by atoms with Crippen LogP contribution in [0.3, 0.4) is 0 Å². The third-order valence-corrected chi connectivity index (χ3v) is 12.1. The predicted molar refractivity (Wildman–Crippen MR) is 262 cm³/mol. The lowest BCUT2D eigenvalue weighted by Crippen LogP contribution is -2.17. The zero-order chi connectivity index (χ0) is 43.3. The van der Waals surface area contributed by atoms with Gasteiger partial charge < -0.3 is 14.2 Å². The molecule has 308 valence electrons. The zero-order valence-electron chi connectivity index (χ0n) is 37.3. The molecule has 0 aliphatic heterocycles. The Balaban J connectivity index is 1.36. The second kappa shape index (κ2) is 16.1. The van der Waals surface area contributed by atoms with Crippen molar-refractivity contribution in [1.29, 1.82) is 0 Å². The first-order valence-electron chi connectivity index (χ1n) is 21.4. The van der Waals surface area contributed by atoms with E-state index in [-0.39, 0.29) is 16.2 Å². The molecule has 0 saturated heterocycles. The minimum Gasteiger partial charge on any atom is -0.456 e. The average molecular weight is 822 g/mol. The Bertz CT molecular complexity index is 2710. The summed E-state index contributed by atoms with van der Waals surface area (Å²) in [5.74, 6) is 0.834.